The van der Waals surface area contributed by atoms with Crippen LogP contribution < -0.4 is 16.2 Å². The van der Waals surface area contributed by atoms with Gasteiger partial charge >= 0.3 is 0 Å². The van der Waals surface area contributed by atoms with Crippen LogP contribution in [0.25, 0.3) is 0 Å². The van der Waals surface area contributed by atoms with Crippen molar-refractivity contribution in [3.05, 3.63) is 46.5 Å². The van der Waals surface area contributed by atoms with E-state index < -0.39 is 0 Å². The van der Waals surface area contributed by atoms with Gasteiger partial charge in [-0.25, -0.2) is 0 Å². The number of nitrogen functional groups attached to an aromatic ring is 2. The number of anilines is 2. The van der Waals surface area contributed by atoms with Crippen molar-refractivity contribution in [2.75, 3.05) is 11.5 Å². The molecule has 0 saturated heterocycles. The molecule has 0 amide bonds. The number of hydrogen-bond acceptors (Lipinski definition) is 3. The molecule has 2 aromatic rings. The van der Waals surface area contributed by atoms with Gasteiger partial charge in [0.05, 0.1) is 0 Å². The van der Waals surface area contributed by atoms with Crippen molar-refractivity contribution in [1.29, 1.82) is 0 Å². The Morgan fingerprint density at radius 1 is 0.516 bits per heavy atom. The Morgan fingerprint density at radius 2 is 0.774 bits per heavy atom. The van der Waals surface area contributed by atoms with E-state index in [9.17, 15) is 0 Å². The number of rotatable bonds is 14. The molecule has 2 aromatic carbocycles. The van der Waals surface area contributed by atoms with Crippen molar-refractivity contribution in [1.82, 2.24) is 0 Å². The van der Waals surface area contributed by atoms with Gasteiger partial charge in [-0.1, -0.05) is 53.4 Å². The zero-order chi connectivity index (χ0) is 22.6. The van der Waals surface area contributed by atoms with E-state index in [1.54, 1.807) is 0 Å². The molecule has 0 bridgehead atoms. The first kappa shape index (κ1) is 25.1. The predicted molar refractivity (Wildman–Crippen MR) is 136 cm³/mol. The van der Waals surface area contributed by atoms with Crippen LogP contribution in [0.15, 0.2) is 24.3 Å². The molecular formula is C28H44N2O. The highest BCUT2D eigenvalue weighted by Crippen LogP contribution is 2.34. The Hall–Kier alpha value is -2.16. The minimum absolute atomic E-state index is 0.902. The van der Waals surface area contributed by atoms with Gasteiger partial charge in [0.1, 0.15) is 11.5 Å². The van der Waals surface area contributed by atoms with Crippen molar-refractivity contribution < 1.29 is 4.74 Å². The minimum atomic E-state index is 0.902. The molecule has 2 rings (SSSR count). The summed E-state index contributed by atoms with van der Waals surface area (Å²) in [5.41, 5.74) is 19.9. The smallest absolute Gasteiger partial charge is 0.128 e. The summed E-state index contributed by atoms with van der Waals surface area (Å²) in [5.74, 6) is 1.80. The van der Waals surface area contributed by atoms with Gasteiger partial charge in [0.2, 0.25) is 0 Å². The zero-order valence-corrected chi connectivity index (χ0v) is 20.4. The van der Waals surface area contributed by atoms with Gasteiger partial charge in [-0.15, -0.1) is 0 Å². The number of hydrogen-bond donors (Lipinski definition) is 2. The van der Waals surface area contributed by atoms with Crippen LogP contribution in [-0.4, -0.2) is 0 Å². The molecule has 31 heavy (non-hydrogen) atoms. The van der Waals surface area contributed by atoms with E-state index in [1.807, 2.05) is 0 Å². The van der Waals surface area contributed by atoms with Crippen molar-refractivity contribution >= 4 is 11.4 Å². The number of benzene rings is 2. The Kier molecular flexibility index (Phi) is 10.8. The molecule has 0 fully saturated rings. The summed E-state index contributed by atoms with van der Waals surface area (Å²) in [7, 11) is 0. The van der Waals surface area contributed by atoms with Crippen molar-refractivity contribution in [3.8, 4) is 11.5 Å². The third kappa shape index (κ3) is 7.48. The van der Waals surface area contributed by atoms with E-state index >= 15 is 0 Å². The van der Waals surface area contributed by atoms with Crippen LogP contribution in [0.3, 0.4) is 0 Å². The largest absolute Gasteiger partial charge is 0.457 e. The summed E-state index contributed by atoms with van der Waals surface area (Å²) >= 11 is 0. The van der Waals surface area contributed by atoms with Gasteiger partial charge in [0, 0.05) is 11.4 Å². The van der Waals surface area contributed by atoms with Gasteiger partial charge in [0.25, 0.3) is 0 Å². The van der Waals surface area contributed by atoms with Crippen LogP contribution in [0.5, 0.6) is 11.5 Å². The topological polar surface area (TPSA) is 61.3 Å². The lowest BCUT2D eigenvalue weighted by Gasteiger charge is -2.17. The fourth-order valence-electron chi connectivity index (χ4n) is 4.04. The second-order valence-corrected chi connectivity index (χ2v) is 8.83. The SMILES string of the molecule is CCCCc1cc(Oc2cc(CCCC)c(N)c(CCCC)c2)cc(CCCC)c1N. The molecule has 3 nitrogen and oxygen atoms in total. The van der Waals surface area contributed by atoms with E-state index in [-0.39, 0.29) is 0 Å². The molecule has 0 atom stereocenters. The fourth-order valence-corrected chi connectivity index (χ4v) is 4.04. The molecule has 0 radical (unpaired) electrons. The molecule has 0 aliphatic rings. The molecule has 4 N–H and O–H groups in total. The first-order chi connectivity index (χ1) is 15.0. The number of ether oxygens (including phenoxy) is 1. The van der Waals surface area contributed by atoms with Crippen LogP contribution in [-0.2, 0) is 25.7 Å². The van der Waals surface area contributed by atoms with Gasteiger partial charge < -0.3 is 16.2 Å². The molecule has 3 heteroatoms. The van der Waals surface area contributed by atoms with Gasteiger partial charge in [-0.3, -0.25) is 0 Å². The third-order valence-corrected chi connectivity index (χ3v) is 6.08. The maximum absolute atomic E-state index is 6.53. The molecular weight excluding hydrogens is 380 g/mol. The highest BCUT2D eigenvalue weighted by Gasteiger charge is 2.13. The summed E-state index contributed by atoms with van der Waals surface area (Å²) in [5, 5.41) is 0. The second kappa shape index (κ2) is 13.3. The molecule has 0 aliphatic carbocycles. The second-order valence-electron chi connectivity index (χ2n) is 8.83. The summed E-state index contributed by atoms with van der Waals surface area (Å²) in [6, 6.07) is 8.59. The summed E-state index contributed by atoms with van der Waals surface area (Å²) in [6.07, 6.45) is 13.2. The standard InChI is InChI=1S/C28H44N2O/c1-5-9-13-21-17-25(18-22(27(21)29)14-10-6-2)31-26-19-23(15-11-7-3)28(30)24(20-26)16-12-8-4/h17-20H,5-16,29-30H2,1-4H3. The summed E-state index contributed by atoms with van der Waals surface area (Å²) in [4.78, 5) is 0. The molecule has 0 unspecified atom stereocenters. The molecule has 0 aliphatic heterocycles. The highest BCUT2D eigenvalue weighted by molar-refractivity contribution is 5.60. The Bertz CT molecular complexity index is 687. The number of unbranched alkanes of at least 4 members (excludes halogenated alkanes) is 4. The predicted octanol–water partition coefficient (Wildman–Crippen LogP) is 8.01. The molecule has 0 heterocycles. The van der Waals surface area contributed by atoms with E-state index in [2.05, 4.69) is 52.0 Å². The first-order valence-corrected chi connectivity index (χ1v) is 12.5. The lowest BCUT2D eigenvalue weighted by atomic mass is 9.98. The maximum Gasteiger partial charge on any atom is 0.128 e. The van der Waals surface area contributed by atoms with Crippen molar-refractivity contribution in [2.45, 2.75) is 105 Å². The summed E-state index contributed by atoms with van der Waals surface area (Å²) in [6.45, 7) is 8.88. The Labute approximate surface area is 190 Å². The van der Waals surface area contributed by atoms with E-state index in [0.29, 0.717) is 0 Å². The van der Waals surface area contributed by atoms with Gasteiger partial charge in [0.15, 0.2) is 0 Å². The first-order valence-electron chi connectivity index (χ1n) is 12.5. The van der Waals surface area contributed by atoms with Crippen LogP contribution in [0.4, 0.5) is 11.4 Å². The van der Waals surface area contributed by atoms with Crippen LogP contribution in [0.2, 0.25) is 0 Å². The molecule has 0 aromatic heterocycles. The molecule has 172 valence electrons. The van der Waals surface area contributed by atoms with Crippen LogP contribution in [0.1, 0.15) is 101 Å². The van der Waals surface area contributed by atoms with E-state index in [1.165, 1.54) is 22.3 Å². The van der Waals surface area contributed by atoms with Crippen molar-refractivity contribution in [3.63, 3.8) is 0 Å². The lowest BCUT2D eigenvalue weighted by Crippen LogP contribution is -2.04. The van der Waals surface area contributed by atoms with Gasteiger partial charge in [-0.05, 0) is 97.9 Å². The monoisotopic (exact) mass is 424 g/mol. The van der Waals surface area contributed by atoms with Crippen LogP contribution in [0, 0.1) is 0 Å². The van der Waals surface area contributed by atoms with Gasteiger partial charge in [-0.2, -0.15) is 0 Å². The Balaban J connectivity index is 2.39. The lowest BCUT2D eigenvalue weighted by molar-refractivity contribution is 0.479. The molecule has 0 spiro atoms. The fraction of sp³-hybridized carbons (Fsp3) is 0.571. The maximum atomic E-state index is 6.53. The quantitative estimate of drug-likeness (QED) is 0.302. The van der Waals surface area contributed by atoms with Crippen LogP contribution >= 0.6 is 0 Å². The Morgan fingerprint density at radius 3 is 1.00 bits per heavy atom. The van der Waals surface area contributed by atoms with E-state index in [4.69, 9.17) is 16.2 Å². The number of nitrogens with two attached hydrogens (primary N) is 2. The average Bonchev–Trinajstić information content (AvgIpc) is 2.77. The minimum Gasteiger partial charge on any atom is -0.457 e. The normalized spacial score (nSPS) is 11.1. The van der Waals surface area contributed by atoms with Crippen molar-refractivity contribution in [2.24, 2.45) is 0 Å². The number of aryl methyl sites for hydroxylation is 4. The van der Waals surface area contributed by atoms with E-state index in [0.717, 1.165) is 99.9 Å². The summed E-state index contributed by atoms with van der Waals surface area (Å²) < 4.78 is 6.46. The molecule has 0 saturated carbocycles. The zero-order valence-electron chi connectivity index (χ0n) is 20.4. The third-order valence-electron chi connectivity index (χ3n) is 6.08. The average molecular weight is 425 g/mol. The highest BCUT2D eigenvalue weighted by atomic mass is 16.5.